The lowest BCUT2D eigenvalue weighted by molar-refractivity contribution is -0.145. The zero-order chi connectivity index (χ0) is 51.8. The molecule has 0 radical (unpaired) electrons. The summed E-state index contributed by atoms with van der Waals surface area (Å²) in [5.41, 5.74) is 4.07. The van der Waals surface area contributed by atoms with E-state index in [-0.39, 0.29) is 30.6 Å². The van der Waals surface area contributed by atoms with Crippen molar-refractivity contribution in [2.45, 2.75) is 117 Å². The summed E-state index contributed by atoms with van der Waals surface area (Å²) in [5.74, 6) is 18.8. The van der Waals surface area contributed by atoms with Gasteiger partial charge in [0.1, 0.15) is 23.3 Å². The van der Waals surface area contributed by atoms with Crippen LogP contribution in [-0.4, -0.2) is 113 Å². The van der Waals surface area contributed by atoms with Crippen molar-refractivity contribution in [3.8, 4) is 47.4 Å². The first kappa shape index (κ1) is 60.0. The molecule has 0 aliphatic rings. The van der Waals surface area contributed by atoms with Crippen molar-refractivity contribution >= 4 is 36.0 Å². The minimum Gasteiger partial charge on any atom is -0.478 e. The average molecular weight is 931 g/mol. The maximum Gasteiger partial charge on any atom is 0.408 e. The standard InChI is InChI=1S/C25H32N2O6.C14H12O3.C11H22N2O4/c1-17(16-28)10-8-9-11-18-12-14-19(15-13-18)21(29)26-20(22(30)32-7)25(5,6)27-23(31)33-24(2,3)4;1-11(10-15)4-2-3-5-12-6-8-13(9-7-12)14(16)17;1-10(2,3)17-9(15)13-11(4,5)7(12)8(14)16-6/h12-15,17,20,28H,16H2,1-7H3,(H,26,29)(H,27,31);6-9,11,15H,10H2,1H3,(H,16,17);7H,12H2,1-6H3,(H,13,15)/t17?,20-;;7-/m1.1/s1. The van der Waals surface area contributed by atoms with E-state index in [1.54, 1.807) is 119 Å². The number of rotatable bonds is 11. The Bertz CT molecular complexity index is 2250. The van der Waals surface area contributed by atoms with Crippen LogP contribution in [-0.2, 0) is 28.5 Å². The van der Waals surface area contributed by atoms with Crippen molar-refractivity contribution in [3.63, 3.8) is 0 Å². The Labute approximate surface area is 394 Å². The van der Waals surface area contributed by atoms with Gasteiger partial charge in [0, 0.05) is 28.5 Å². The number of esters is 2. The van der Waals surface area contributed by atoms with Gasteiger partial charge in [-0.25, -0.2) is 19.2 Å². The maximum absolute atomic E-state index is 12.8. The van der Waals surface area contributed by atoms with Gasteiger partial charge in [-0.15, -0.1) is 0 Å². The zero-order valence-corrected chi connectivity index (χ0v) is 40.8. The van der Waals surface area contributed by atoms with Crippen LogP contribution < -0.4 is 21.7 Å². The van der Waals surface area contributed by atoms with Crippen LogP contribution in [0.1, 0.15) is 115 Å². The average Bonchev–Trinajstić information content (AvgIpc) is 3.23. The highest BCUT2D eigenvalue weighted by Crippen LogP contribution is 2.16. The largest absolute Gasteiger partial charge is 0.478 e. The SMILES string of the molecule is CC(C#CC#Cc1ccc(C(=O)O)cc1)CO.COC(=O)[C@@H](N)C(C)(C)NC(=O)OC(C)(C)C.COC(=O)[C@@H](NC(=O)c1ccc(C#CC#CC(C)CO)cc1)C(C)(C)NC(=O)OC(C)(C)C. The van der Waals surface area contributed by atoms with Crippen LogP contribution in [0.5, 0.6) is 0 Å². The van der Waals surface area contributed by atoms with Gasteiger partial charge in [0.05, 0.1) is 44.1 Å². The van der Waals surface area contributed by atoms with Gasteiger partial charge < -0.3 is 56.0 Å². The van der Waals surface area contributed by atoms with Crippen molar-refractivity contribution in [2.75, 3.05) is 27.4 Å². The van der Waals surface area contributed by atoms with Gasteiger partial charge in [-0.3, -0.25) is 9.59 Å². The highest BCUT2D eigenvalue weighted by Gasteiger charge is 2.40. The third kappa shape index (κ3) is 25.3. The molecule has 0 fully saturated rings. The van der Waals surface area contributed by atoms with E-state index < -0.39 is 70.4 Å². The van der Waals surface area contributed by atoms with E-state index in [4.69, 9.17) is 35.3 Å². The van der Waals surface area contributed by atoms with Crippen LogP contribution in [0.25, 0.3) is 0 Å². The summed E-state index contributed by atoms with van der Waals surface area (Å²) in [6.45, 7) is 20.4. The molecular weight excluding hydrogens is 865 g/mol. The molecule has 0 aliphatic heterocycles. The highest BCUT2D eigenvalue weighted by molar-refractivity contribution is 5.97. The molecule has 17 nitrogen and oxygen atoms in total. The number of benzene rings is 2. The summed E-state index contributed by atoms with van der Waals surface area (Å²) in [5, 5.41) is 34.1. The number of aliphatic hydroxyl groups is 2. The van der Waals surface area contributed by atoms with E-state index in [0.29, 0.717) is 16.7 Å². The summed E-state index contributed by atoms with van der Waals surface area (Å²) in [6, 6.07) is 10.5. The number of ether oxygens (including phenoxy) is 4. The lowest BCUT2D eigenvalue weighted by atomic mass is 9.94. The predicted octanol–water partition coefficient (Wildman–Crippen LogP) is 4.40. The Morgan fingerprint density at radius 2 is 0.970 bits per heavy atom. The molecule has 0 saturated heterocycles. The summed E-state index contributed by atoms with van der Waals surface area (Å²) in [7, 11) is 2.44. The number of nitrogens with one attached hydrogen (secondary N) is 3. The lowest BCUT2D eigenvalue weighted by Crippen LogP contribution is -2.62. The van der Waals surface area contributed by atoms with E-state index in [0.717, 1.165) is 0 Å². The fourth-order valence-corrected chi connectivity index (χ4v) is 4.59. The molecule has 2 aromatic carbocycles. The second kappa shape index (κ2) is 28.1. The summed E-state index contributed by atoms with van der Waals surface area (Å²) >= 11 is 0. The number of amides is 3. The second-order valence-corrected chi connectivity index (χ2v) is 17.8. The van der Waals surface area contributed by atoms with Crippen molar-refractivity contribution in [3.05, 3.63) is 70.8 Å². The monoisotopic (exact) mass is 930 g/mol. The van der Waals surface area contributed by atoms with Crippen molar-refractivity contribution < 1.29 is 63.0 Å². The lowest BCUT2D eigenvalue weighted by Gasteiger charge is -2.34. The molecule has 8 N–H and O–H groups in total. The molecule has 0 spiro atoms. The molecule has 17 heteroatoms. The van der Waals surface area contributed by atoms with Gasteiger partial charge >= 0.3 is 30.1 Å². The third-order valence-corrected chi connectivity index (χ3v) is 8.32. The molecule has 2 rings (SSSR count). The van der Waals surface area contributed by atoms with Crippen LogP contribution in [0, 0.1) is 59.2 Å². The highest BCUT2D eigenvalue weighted by atomic mass is 16.6. The van der Waals surface area contributed by atoms with Gasteiger partial charge in [-0.1, -0.05) is 23.7 Å². The normalized spacial score (nSPS) is 12.4. The topological polar surface area (TPSA) is 262 Å². The van der Waals surface area contributed by atoms with Crippen molar-refractivity contribution in [2.24, 2.45) is 17.6 Å². The van der Waals surface area contributed by atoms with Gasteiger partial charge in [0.25, 0.3) is 5.91 Å². The van der Waals surface area contributed by atoms with Crippen molar-refractivity contribution in [1.82, 2.24) is 16.0 Å². The molecule has 0 saturated carbocycles. The smallest absolute Gasteiger partial charge is 0.408 e. The molecule has 4 atom stereocenters. The van der Waals surface area contributed by atoms with Crippen LogP contribution in [0.2, 0.25) is 0 Å². The fourth-order valence-electron chi connectivity index (χ4n) is 4.59. The first-order chi connectivity index (χ1) is 30.9. The zero-order valence-electron chi connectivity index (χ0n) is 40.8. The van der Waals surface area contributed by atoms with E-state index in [1.807, 2.05) is 0 Å². The summed E-state index contributed by atoms with van der Waals surface area (Å²) in [4.78, 5) is 70.8. The first-order valence-electron chi connectivity index (χ1n) is 20.8. The second-order valence-electron chi connectivity index (χ2n) is 17.8. The van der Waals surface area contributed by atoms with Crippen molar-refractivity contribution in [1.29, 1.82) is 0 Å². The Kier molecular flexibility index (Phi) is 25.2. The van der Waals surface area contributed by atoms with Crippen LogP contribution in [0.15, 0.2) is 48.5 Å². The molecule has 0 aromatic heterocycles. The number of methoxy groups -OCH3 is 2. The Balaban J connectivity index is 0.00000108. The van der Waals surface area contributed by atoms with Gasteiger partial charge in [0.15, 0.2) is 0 Å². The number of carboxylic acids is 1. The first-order valence-corrected chi connectivity index (χ1v) is 20.8. The number of nitrogens with two attached hydrogens (primary N) is 1. The molecule has 3 amide bonds. The van der Waals surface area contributed by atoms with Crippen LogP contribution in [0.3, 0.4) is 0 Å². The predicted molar refractivity (Wildman–Crippen MR) is 252 cm³/mol. The fraction of sp³-hybridized carbons (Fsp3) is 0.480. The van der Waals surface area contributed by atoms with Crippen LogP contribution in [0.4, 0.5) is 9.59 Å². The van der Waals surface area contributed by atoms with E-state index >= 15 is 0 Å². The number of carbonyl (C=O) groups is 6. The molecule has 67 heavy (non-hydrogen) atoms. The number of hydrogen-bond donors (Lipinski definition) is 7. The van der Waals surface area contributed by atoms with E-state index in [1.165, 1.54) is 26.4 Å². The number of aliphatic hydroxyl groups excluding tert-OH is 2. The molecule has 364 valence electrons. The number of alkyl carbamates (subject to hydrolysis) is 2. The maximum atomic E-state index is 12.8. The van der Waals surface area contributed by atoms with Crippen LogP contribution >= 0.6 is 0 Å². The number of carboxylic acid groups (broad SMARTS) is 1. The summed E-state index contributed by atoms with van der Waals surface area (Å²) in [6.07, 6.45) is -1.35. The molecular formula is C50H66N4O13. The van der Waals surface area contributed by atoms with E-state index in [9.17, 15) is 28.8 Å². The molecule has 2 unspecified atom stereocenters. The van der Waals surface area contributed by atoms with Gasteiger partial charge in [-0.05, 0) is 155 Å². The minimum absolute atomic E-state index is 0.0159. The Hall–Kier alpha value is -7.02. The molecule has 0 bridgehead atoms. The van der Waals surface area contributed by atoms with Gasteiger partial charge in [-0.2, -0.15) is 0 Å². The van der Waals surface area contributed by atoms with E-state index in [2.05, 4.69) is 68.1 Å². The molecule has 0 heterocycles. The Morgan fingerprint density at radius 1 is 0.597 bits per heavy atom. The Morgan fingerprint density at radius 3 is 1.31 bits per heavy atom. The number of aromatic carboxylic acids is 1. The third-order valence-electron chi connectivity index (χ3n) is 8.32. The number of carbonyl (C=O) groups excluding carboxylic acids is 5. The minimum atomic E-state index is -1.21. The number of hydrogen-bond acceptors (Lipinski definition) is 13. The molecule has 0 aliphatic carbocycles. The molecule has 2 aromatic rings. The summed E-state index contributed by atoms with van der Waals surface area (Å²) < 4.78 is 19.7. The van der Waals surface area contributed by atoms with Gasteiger partial charge in [0.2, 0.25) is 0 Å². The quantitative estimate of drug-likeness (QED) is 0.0937.